The summed E-state index contributed by atoms with van der Waals surface area (Å²) in [4.78, 5) is 25.4. The van der Waals surface area contributed by atoms with Gasteiger partial charge in [-0.05, 0) is 74.6 Å². The van der Waals surface area contributed by atoms with E-state index in [1.807, 2.05) is 24.3 Å². The highest BCUT2D eigenvalue weighted by molar-refractivity contribution is 6.33. The molecule has 158 valence electrons. The van der Waals surface area contributed by atoms with Crippen molar-refractivity contribution in [2.24, 2.45) is 17.3 Å². The highest BCUT2D eigenvalue weighted by atomic mass is 35.5. The average molecular weight is 430 g/mol. The number of methoxy groups -OCH3 is 1. The number of benzene rings is 1. The third-order valence-electron chi connectivity index (χ3n) is 7.22. The maximum absolute atomic E-state index is 13.2. The Balaban J connectivity index is 1.49. The summed E-state index contributed by atoms with van der Waals surface area (Å²) in [7, 11) is 1.60. The van der Waals surface area contributed by atoms with Gasteiger partial charge in [-0.3, -0.25) is 9.59 Å². The zero-order valence-corrected chi connectivity index (χ0v) is 17.5. The maximum Gasteiger partial charge on any atom is 0.309 e. The van der Waals surface area contributed by atoms with E-state index >= 15 is 0 Å². The molecule has 0 amide bonds. The molecule has 1 heterocycles. The van der Waals surface area contributed by atoms with Gasteiger partial charge < -0.3 is 15.2 Å². The molecular weight excluding hydrogens is 406 g/mol. The van der Waals surface area contributed by atoms with Crippen LogP contribution in [0.5, 0.6) is 5.75 Å². The minimum absolute atomic E-state index is 0.0703. The average Bonchev–Trinajstić information content (AvgIpc) is 2.71. The van der Waals surface area contributed by atoms with Crippen molar-refractivity contribution in [1.29, 1.82) is 0 Å². The third kappa shape index (κ3) is 2.90. The quantitative estimate of drug-likeness (QED) is 0.745. The molecule has 30 heavy (non-hydrogen) atoms. The van der Waals surface area contributed by atoms with Crippen molar-refractivity contribution in [2.45, 2.75) is 44.1 Å². The standard InChI is InChI=1S/C22H24ClN3O4/c1-30-16-4-2-15(3-5-16)25-17-11-24-26(19(27)18(17)23)22-9-13-6-14(10-22)8-21(7-13,12-22)20(28)29/h2-5,11,13-14,25H,6-10,12H2,1H3,(H,28,29). The molecule has 4 saturated carbocycles. The predicted molar refractivity (Wildman–Crippen MR) is 113 cm³/mol. The van der Waals surface area contributed by atoms with E-state index in [1.54, 1.807) is 13.3 Å². The second-order valence-electron chi connectivity index (χ2n) is 9.21. The van der Waals surface area contributed by atoms with Crippen LogP contribution in [0.25, 0.3) is 0 Å². The molecule has 2 unspecified atom stereocenters. The molecule has 8 heteroatoms. The highest BCUT2D eigenvalue weighted by Gasteiger charge is 2.62. The molecule has 7 nitrogen and oxygen atoms in total. The summed E-state index contributed by atoms with van der Waals surface area (Å²) >= 11 is 6.47. The van der Waals surface area contributed by atoms with Gasteiger partial charge >= 0.3 is 5.97 Å². The maximum atomic E-state index is 13.2. The van der Waals surface area contributed by atoms with Crippen LogP contribution in [0.15, 0.2) is 35.3 Å². The molecule has 1 aromatic heterocycles. The van der Waals surface area contributed by atoms with Crippen LogP contribution in [-0.4, -0.2) is 28.0 Å². The van der Waals surface area contributed by atoms with Gasteiger partial charge in [0.2, 0.25) is 0 Å². The number of hydrogen-bond donors (Lipinski definition) is 2. The first-order valence-electron chi connectivity index (χ1n) is 10.3. The predicted octanol–water partition coefficient (Wildman–Crippen LogP) is 4.03. The zero-order chi connectivity index (χ0) is 21.1. The molecule has 0 saturated heterocycles. The van der Waals surface area contributed by atoms with Crippen molar-refractivity contribution < 1.29 is 14.6 Å². The number of nitrogens with zero attached hydrogens (tertiary/aromatic N) is 2. The summed E-state index contributed by atoms with van der Waals surface area (Å²) in [6, 6.07) is 7.28. The number of carboxylic acids is 1. The smallest absolute Gasteiger partial charge is 0.309 e. The molecule has 6 rings (SSSR count). The number of rotatable bonds is 5. The fourth-order valence-electron chi connectivity index (χ4n) is 6.40. The number of carbonyl (C=O) groups is 1. The van der Waals surface area contributed by atoms with Crippen LogP contribution in [0.4, 0.5) is 11.4 Å². The van der Waals surface area contributed by atoms with Crippen LogP contribution < -0.4 is 15.6 Å². The lowest BCUT2D eigenvalue weighted by molar-refractivity contribution is -0.173. The first-order valence-corrected chi connectivity index (χ1v) is 10.6. The van der Waals surface area contributed by atoms with Gasteiger partial charge in [-0.2, -0.15) is 5.10 Å². The number of hydrogen-bond acceptors (Lipinski definition) is 5. The van der Waals surface area contributed by atoms with Crippen LogP contribution in [0.2, 0.25) is 5.02 Å². The highest BCUT2D eigenvalue weighted by Crippen LogP contribution is 2.63. The number of anilines is 2. The van der Waals surface area contributed by atoms with Crippen molar-refractivity contribution in [3.63, 3.8) is 0 Å². The van der Waals surface area contributed by atoms with E-state index < -0.39 is 16.9 Å². The van der Waals surface area contributed by atoms with Crippen molar-refractivity contribution in [1.82, 2.24) is 9.78 Å². The minimum atomic E-state index is -0.738. The molecule has 0 radical (unpaired) electrons. The van der Waals surface area contributed by atoms with Gasteiger partial charge in [0.15, 0.2) is 0 Å². The minimum Gasteiger partial charge on any atom is -0.497 e. The molecule has 4 aliphatic carbocycles. The van der Waals surface area contributed by atoms with Crippen LogP contribution in [0.1, 0.15) is 38.5 Å². The van der Waals surface area contributed by atoms with Crippen molar-refractivity contribution >= 4 is 28.9 Å². The Kier molecular flexibility index (Phi) is 4.36. The van der Waals surface area contributed by atoms with Gasteiger partial charge in [-0.25, -0.2) is 4.68 Å². The Morgan fingerprint density at radius 3 is 2.50 bits per heavy atom. The number of aliphatic carboxylic acids is 1. The number of halogens is 1. The van der Waals surface area contributed by atoms with Crippen molar-refractivity contribution in [2.75, 3.05) is 12.4 Å². The Labute approximate surface area is 179 Å². The van der Waals surface area contributed by atoms with E-state index in [4.69, 9.17) is 16.3 Å². The largest absolute Gasteiger partial charge is 0.497 e. The molecule has 4 aliphatic rings. The molecule has 2 N–H and O–H groups in total. The Morgan fingerprint density at radius 1 is 1.23 bits per heavy atom. The first kappa shape index (κ1) is 19.4. The summed E-state index contributed by atoms with van der Waals surface area (Å²) < 4.78 is 6.65. The van der Waals surface area contributed by atoms with Gasteiger partial charge in [0.05, 0.1) is 29.9 Å². The summed E-state index contributed by atoms with van der Waals surface area (Å²) in [5.41, 5.74) is -0.464. The molecular formula is C22H24ClN3O4. The van der Waals surface area contributed by atoms with Crippen LogP contribution in [0, 0.1) is 17.3 Å². The molecule has 4 bridgehead atoms. The molecule has 2 atom stereocenters. The molecule has 2 aromatic rings. The summed E-state index contributed by atoms with van der Waals surface area (Å²) in [5.74, 6) is 0.645. The molecule has 4 fully saturated rings. The van der Waals surface area contributed by atoms with Gasteiger partial charge in [-0.15, -0.1) is 0 Å². The Hall–Kier alpha value is -2.54. The van der Waals surface area contributed by atoms with E-state index in [1.165, 1.54) is 4.68 Å². The summed E-state index contributed by atoms with van der Waals surface area (Å²) in [6.45, 7) is 0. The van der Waals surface area contributed by atoms with Gasteiger partial charge in [-0.1, -0.05) is 11.6 Å². The monoisotopic (exact) mass is 429 g/mol. The number of carboxylic acid groups (broad SMARTS) is 1. The van der Waals surface area contributed by atoms with Crippen LogP contribution in [-0.2, 0) is 10.3 Å². The second-order valence-corrected chi connectivity index (χ2v) is 9.59. The van der Waals surface area contributed by atoms with Crippen LogP contribution >= 0.6 is 11.6 Å². The molecule has 0 aliphatic heterocycles. The van der Waals surface area contributed by atoms with E-state index in [2.05, 4.69) is 10.4 Å². The second kappa shape index (κ2) is 6.74. The number of nitrogens with one attached hydrogen (secondary N) is 1. The summed E-state index contributed by atoms with van der Waals surface area (Å²) in [5, 5.41) is 17.6. The topological polar surface area (TPSA) is 93.4 Å². The van der Waals surface area contributed by atoms with Crippen molar-refractivity contribution in [3.05, 3.63) is 45.8 Å². The first-order chi connectivity index (χ1) is 14.3. The van der Waals surface area contributed by atoms with E-state index in [0.29, 0.717) is 36.8 Å². The normalized spacial score (nSPS) is 31.5. The lowest BCUT2D eigenvalue weighted by Crippen LogP contribution is -2.61. The number of aromatic nitrogens is 2. The number of ether oxygens (including phenoxy) is 1. The third-order valence-corrected chi connectivity index (χ3v) is 7.59. The molecule has 1 aromatic carbocycles. The Morgan fingerprint density at radius 2 is 1.90 bits per heavy atom. The summed E-state index contributed by atoms with van der Waals surface area (Å²) in [6.07, 6.45) is 6.09. The fraction of sp³-hybridized carbons (Fsp3) is 0.500. The van der Waals surface area contributed by atoms with E-state index in [9.17, 15) is 14.7 Å². The fourth-order valence-corrected chi connectivity index (χ4v) is 6.58. The Bertz CT molecular complexity index is 1050. The van der Waals surface area contributed by atoms with E-state index in [0.717, 1.165) is 30.7 Å². The SMILES string of the molecule is COc1ccc(Nc2cnn(C34CC5CC(CC(C(=O)O)(C5)C3)C4)c(=O)c2Cl)cc1. The van der Waals surface area contributed by atoms with Gasteiger partial charge in [0.1, 0.15) is 10.8 Å². The zero-order valence-electron chi connectivity index (χ0n) is 16.7. The van der Waals surface area contributed by atoms with Crippen molar-refractivity contribution in [3.8, 4) is 5.75 Å². The van der Waals surface area contributed by atoms with Gasteiger partial charge in [0, 0.05) is 5.69 Å². The van der Waals surface area contributed by atoms with E-state index in [-0.39, 0.29) is 10.6 Å². The lowest BCUT2D eigenvalue weighted by Gasteiger charge is -2.60. The van der Waals surface area contributed by atoms with Crippen LogP contribution in [0.3, 0.4) is 0 Å². The molecule has 0 spiro atoms. The van der Waals surface area contributed by atoms with Gasteiger partial charge in [0.25, 0.3) is 5.56 Å². The lowest BCUT2D eigenvalue weighted by atomic mass is 9.47.